The second kappa shape index (κ2) is 8.77. The summed E-state index contributed by atoms with van der Waals surface area (Å²) in [6.45, 7) is 1.41. The SMILES string of the molecule is COCCOCOc1cc2ccc(-c3cc[c]cc3)cc2cc1C12CC3CC(CC(C3)C1)C2. The van der Waals surface area contributed by atoms with E-state index in [1.807, 2.05) is 12.1 Å². The van der Waals surface area contributed by atoms with Crippen LogP contribution in [0.2, 0.25) is 0 Å². The van der Waals surface area contributed by atoms with Crippen molar-refractivity contribution in [3.8, 4) is 16.9 Å². The molecule has 0 N–H and O–H groups in total. The Kier molecular flexibility index (Phi) is 5.63. The predicted molar refractivity (Wildman–Crippen MR) is 131 cm³/mol. The van der Waals surface area contributed by atoms with Gasteiger partial charge in [-0.2, -0.15) is 0 Å². The fourth-order valence-electron chi connectivity index (χ4n) is 7.32. The quantitative estimate of drug-likeness (QED) is 0.285. The minimum Gasteiger partial charge on any atom is -0.467 e. The number of rotatable bonds is 8. The van der Waals surface area contributed by atoms with Crippen LogP contribution in [0.25, 0.3) is 21.9 Å². The highest BCUT2D eigenvalue weighted by atomic mass is 16.7. The Morgan fingerprint density at radius 3 is 2.24 bits per heavy atom. The molecule has 3 aromatic rings. The Morgan fingerprint density at radius 2 is 1.55 bits per heavy atom. The highest BCUT2D eigenvalue weighted by molar-refractivity contribution is 5.89. The monoisotopic (exact) mass is 441 g/mol. The third kappa shape index (κ3) is 4.06. The molecule has 4 bridgehead atoms. The molecule has 0 saturated heterocycles. The van der Waals surface area contributed by atoms with Crippen molar-refractivity contribution in [3.63, 3.8) is 0 Å². The molecular weight excluding hydrogens is 408 g/mol. The van der Waals surface area contributed by atoms with E-state index >= 15 is 0 Å². The highest BCUT2D eigenvalue weighted by Gasteiger charge is 2.52. The van der Waals surface area contributed by atoms with E-state index in [1.165, 1.54) is 66.0 Å². The predicted octanol–water partition coefficient (Wildman–Crippen LogP) is 6.77. The van der Waals surface area contributed by atoms with Crippen LogP contribution in [0.4, 0.5) is 0 Å². The first-order valence-corrected chi connectivity index (χ1v) is 12.5. The van der Waals surface area contributed by atoms with Crippen LogP contribution in [-0.4, -0.2) is 27.1 Å². The van der Waals surface area contributed by atoms with Crippen molar-refractivity contribution in [3.05, 3.63) is 66.2 Å². The van der Waals surface area contributed by atoms with Gasteiger partial charge < -0.3 is 14.2 Å². The lowest BCUT2D eigenvalue weighted by Crippen LogP contribution is -2.48. The summed E-state index contributed by atoms with van der Waals surface area (Å²) in [5.41, 5.74) is 4.18. The van der Waals surface area contributed by atoms with Crippen LogP contribution in [0.5, 0.6) is 5.75 Å². The molecule has 0 amide bonds. The van der Waals surface area contributed by atoms with Crippen molar-refractivity contribution in [2.75, 3.05) is 27.1 Å². The molecule has 33 heavy (non-hydrogen) atoms. The van der Waals surface area contributed by atoms with Crippen LogP contribution >= 0.6 is 0 Å². The van der Waals surface area contributed by atoms with Crippen LogP contribution in [0.15, 0.2) is 54.6 Å². The molecule has 0 spiro atoms. The second-order valence-electron chi connectivity index (χ2n) is 10.6. The largest absolute Gasteiger partial charge is 0.467 e. The molecule has 3 aromatic carbocycles. The summed E-state index contributed by atoms with van der Waals surface area (Å²) in [5, 5.41) is 2.53. The van der Waals surface area contributed by atoms with Crippen LogP contribution < -0.4 is 4.74 Å². The second-order valence-corrected chi connectivity index (χ2v) is 10.6. The van der Waals surface area contributed by atoms with E-state index < -0.39 is 0 Å². The summed E-state index contributed by atoms with van der Waals surface area (Å²) in [4.78, 5) is 0. The molecule has 171 valence electrons. The third-order valence-corrected chi connectivity index (χ3v) is 8.33. The van der Waals surface area contributed by atoms with Crippen LogP contribution in [-0.2, 0) is 14.9 Å². The van der Waals surface area contributed by atoms with Crippen molar-refractivity contribution in [1.82, 2.24) is 0 Å². The smallest absolute Gasteiger partial charge is 0.189 e. The molecule has 0 aromatic heterocycles. The average molecular weight is 442 g/mol. The number of fused-ring (bicyclic) bond motifs is 1. The first-order valence-electron chi connectivity index (χ1n) is 12.5. The Labute approximate surface area is 197 Å². The van der Waals surface area contributed by atoms with Crippen molar-refractivity contribution in [2.24, 2.45) is 17.8 Å². The van der Waals surface area contributed by atoms with E-state index in [1.54, 1.807) is 7.11 Å². The number of hydrogen-bond donors (Lipinski definition) is 0. The fourth-order valence-corrected chi connectivity index (χ4v) is 7.32. The number of hydrogen-bond acceptors (Lipinski definition) is 3. The summed E-state index contributed by atoms with van der Waals surface area (Å²) < 4.78 is 17.1. The topological polar surface area (TPSA) is 27.7 Å². The van der Waals surface area contributed by atoms with E-state index in [4.69, 9.17) is 14.2 Å². The van der Waals surface area contributed by atoms with Gasteiger partial charge in [-0.3, -0.25) is 0 Å². The lowest BCUT2D eigenvalue weighted by molar-refractivity contribution is -0.0188. The Bertz CT molecular complexity index is 1080. The zero-order valence-corrected chi connectivity index (χ0v) is 19.5. The molecule has 0 aliphatic heterocycles. The molecule has 4 fully saturated rings. The van der Waals surface area contributed by atoms with E-state index in [0.29, 0.717) is 13.2 Å². The maximum Gasteiger partial charge on any atom is 0.189 e. The molecule has 3 heteroatoms. The molecule has 4 aliphatic rings. The molecular formula is C30H33O3. The number of methoxy groups -OCH3 is 1. The molecule has 1 radical (unpaired) electrons. The summed E-state index contributed by atoms with van der Waals surface area (Å²) in [5.74, 6) is 3.70. The summed E-state index contributed by atoms with van der Waals surface area (Å²) in [7, 11) is 1.70. The van der Waals surface area contributed by atoms with Gasteiger partial charge in [0.25, 0.3) is 0 Å². The van der Waals surface area contributed by atoms with Gasteiger partial charge in [0.1, 0.15) is 5.75 Å². The minimum absolute atomic E-state index is 0.266. The zero-order valence-electron chi connectivity index (χ0n) is 19.5. The summed E-state index contributed by atoms with van der Waals surface area (Å²) in [6, 6.07) is 22.9. The Morgan fingerprint density at radius 1 is 0.818 bits per heavy atom. The molecule has 7 rings (SSSR count). The Balaban J connectivity index is 1.39. The van der Waals surface area contributed by atoms with Gasteiger partial charge in [0, 0.05) is 12.7 Å². The third-order valence-electron chi connectivity index (χ3n) is 8.33. The first-order chi connectivity index (χ1) is 16.2. The van der Waals surface area contributed by atoms with Gasteiger partial charge in [0.05, 0.1) is 13.2 Å². The number of benzene rings is 3. The van der Waals surface area contributed by atoms with Crippen LogP contribution in [0, 0.1) is 23.8 Å². The summed E-state index contributed by atoms with van der Waals surface area (Å²) in [6.07, 6.45) is 8.29. The standard InChI is InChI=1S/C30H33O3/c1-31-9-10-32-20-33-29-16-26-8-7-25(24-5-3-2-4-6-24)14-27(26)15-28(29)30-17-21-11-22(18-30)13-23(12-21)19-30/h3-8,14-16,21-23H,9-13,17-20H2,1H3. The molecule has 0 unspecified atom stereocenters. The molecule has 4 saturated carbocycles. The fraction of sp³-hybridized carbons (Fsp3) is 0.467. The van der Waals surface area contributed by atoms with E-state index in [-0.39, 0.29) is 12.2 Å². The molecule has 0 atom stereocenters. The first kappa shape index (κ1) is 21.2. The highest BCUT2D eigenvalue weighted by Crippen LogP contribution is 2.62. The van der Waals surface area contributed by atoms with E-state index in [9.17, 15) is 0 Å². The normalized spacial score (nSPS) is 27.8. The van der Waals surface area contributed by atoms with Crippen LogP contribution in [0.1, 0.15) is 44.1 Å². The van der Waals surface area contributed by atoms with Gasteiger partial charge in [-0.15, -0.1) is 0 Å². The van der Waals surface area contributed by atoms with Crippen molar-refractivity contribution >= 4 is 10.8 Å². The minimum atomic E-state index is 0.266. The van der Waals surface area contributed by atoms with Gasteiger partial charge in [-0.25, -0.2) is 0 Å². The van der Waals surface area contributed by atoms with Crippen molar-refractivity contribution in [2.45, 2.75) is 43.9 Å². The van der Waals surface area contributed by atoms with Gasteiger partial charge in [-0.1, -0.05) is 36.4 Å². The maximum absolute atomic E-state index is 6.31. The van der Waals surface area contributed by atoms with Gasteiger partial charge in [0.2, 0.25) is 0 Å². The van der Waals surface area contributed by atoms with E-state index in [0.717, 1.165) is 23.5 Å². The van der Waals surface area contributed by atoms with Crippen molar-refractivity contribution in [1.29, 1.82) is 0 Å². The molecule has 0 heterocycles. The molecule has 4 aliphatic carbocycles. The van der Waals surface area contributed by atoms with Crippen molar-refractivity contribution < 1.29 is 14.2 Å². The van der Waals surface area contributed by atoms with Gasteiger partial charge in [-0.05, 0) is 108 Å². The van der Waals surface area contributed by atoms with Crippen LogP contribution in [0.3, 0.4) is 0 Å². The summed E-state index contributed by atoms with van der Waals surface area (Å²) >= 11 is 0. The maximum atomic E-state index is 6.31. The van der Waals surface area contributed by atoms with Gasteiger partial charge in [0.15, 0.2) is 6.79 Å². The molecule has 3 nitrogen and oxygen atoms in total. The van der Waals surface area contributed by atoms with E-state index in [2.05, 4.69) is 48.5 Å². The average Bonchev–Trinajstić information content (AvgIpc) is 2.83. The zero-order chi connectivity index (χ0) is 22.3. The van der Waals surface area contributed by atoms with Gasteiger partial charge >= 0.3 is 0 Å². The Hall–Kier alpha value is -2.36. The lowest BCUT2D eigenvalue weighted by atomic mass is 9.48. The number of ether oxygens (including phenoxy) is 3. The lowest BCUT2D eigenvalue weighted by Gasteiger charge is -2.57.